The first-order valence-electron chi connectivity index (χ1n) is 9.39. The monoisotopic (exact) mass is 323 g/mol. The van der Waals surface area contributed by atoms with E-state index in [0.29, 0.717) is 19.5 Å². The highest BCUT2D eigenvalue weighted by Crippen LogP contribution is 2.31. The third kappa shape index (κ3) is 5.48. The Morgan fingerprint density at radius 3 is 2.57 bits per heavy atom. The smallest absolute Gasteiger partial charge is 0.225 e. The molecule has 0 bridgehead atoms. The molecule has 0 aromatic carbocycles. The highest BCUT2D eigenvalue weighted by Gasteiger charge is 2.31. The van der Waals surface area contributed by atoms with Gasteiger partial charge < -0.3 is 16.0 Å². The van der Waals surface area contributed by atoms with Gasteiger partial charge in [0, 0.05) is 38.0 Å². The lowest BCUT2D eigenvalue weighted by Gasteiger charge is -2.37. The zero-order chi connectivity index (χ0) is 16.7. The largest absolute Gasteiger partial charge is 0.354 e. The number of nitrogens with two attached hydrogens (primary N) is 1. The van der Waals surface area contributed by atoms with E-state index >= 15 is 0 Å². The fourth-order valence-corrected chi connectivity index (χ4v) is 4.08. The summed E-state index contributed by atoms with van der Waals surface area (Å²) in [6, 6.07) is 0.156. The Bertz CT molecular complexity index is 394. The van der Waals surface area contributed by atoms with Crippen LogP contribution in [0.1, 0.15) is 64.7 Å². The first-order chi connectivity index (χ1) is 11.1. The normalized spacial score (nSPS) is 23.7. The molecule has 1 heterocycles. The van der Waals surface area contributed by atoms with Gasteiger partial charge in [-0.2, -0.15) is 0 Å². The first kappa shape index (κ1) is 18.2. The standard InChI is InChI=1S/C18H33N3O2/c1-14(12-15-6-2-3-7-15)18(23)21-11-5-4-8-16(21)13-20-17(22)9-10-19/h14-16H,2-13,19H2,1H3,(H,20,22). The van der Waals surface area contributed by atoms with Crippen molar-refractivity contribution in [2.24, 2.45) is 17.6 Å². The molecule has 2 atom stereocenters. The number of carbonyl (C=O) groups is 2. The maximum atomic E-state index is 12.9. The number of likely N-dealkylation sites (tertiary alicyclic amines) is 1. The van der Waals surface area contributed by atoms with E-state index in [1.807, 2.05) is 4.90 Å². The molecule has 2 rings (SSSR count). The van der Waals surface area contributed by atoms with Crippen LogP contribution in [0.3, 0.4) is 0 Å². The highest BCUT2D eigenvalue weighted by atomic mass is 16.2. The van der Waals surface area contributed by atoms with Crippen molar-refractivity contribution in [1.82, 2.24) is 10.2 Å². The number of amides is 2. The van der Waals surface area contributed by atoms with Crippen LogP contribution in [0.2, 0.25) is 0 Å². The fraction of sp³-hybridized carbons (Fsp3) is 0.889. The second-order valence-electron chi connectivity index (χ2n) is 7.31. The Hall–Kier alpha value is -1.10. The van der Waals surface area contributed by atoms with Crippen LogP contribution >= 0.6 is 0 Å². The molecule has 3 N–H and O–H groups in total. The Morgan fingerprint density at radius 2 is 1.87 bits per heavy atom. The van der Waals surface area contributed by atoms with Crippen LogP contribution in [0.25, 0.3) is 0 Å². The third-order valence-corrected chi connectivity index (χ3v) is 5.40. The molecule has 0 aromatic rings. The van der Waals surface area contributed by atoms with Crippen molar-refractivity contribution in [3.8, 4) is 0 Å². The van der Waals surface area contributed by atoms with Gasteiger partial charge in [0.15, 0.2) is 0 Å². The summed E-state index contributed by atoms with van der Waals surface area (Å²) in [6.45, 7) is 3.86. The van der Waals surface area contributed by atoms with Crippen molar-refractivity contribution in [1.29, 1.82) is 0 Å². The second-order valence-corrected chi connectivity index (χ2v) is 7.31. The van der Waals surface area contributed by atoms with Gasteiger partial charge >= 0.3 is 0 Å². The molecule has 1 aliphatic heterocycles. The van der Waals surface area contributed by atoms with E-state index in [9.17, 15) is 9.59 Å². The van der Waals surface area contributed by atoms with Crippen LogP contribution < -0.4 is 11.1 Å². The molecule has 1 aliphatic carbocycles. The van der Waals surface area contributed by atoms with Crippen LogP contribution in [-0.2, 0) is 9.59 Å². The van der Waals surface area contributed by atoms with Crippen molar-refractivity contribution in [2.45, 2.75) is 70.8 Å². The maximum absolute atomic E-state index is 12.9. The lowest BCUT2D eigenvalue weighted by molar-refractivity contribution is -0.139. The number of nitrogens with one attached hydrogen (secondary N) is 1. The number of hydrogen-bond donors (Lipinski definition) is 2. The number of nitrogens with zero attached hydrogens (tertiary/aromatic N) is 1. The quantitative estimate of drug-likeness (QED) is 0.753. The number of rotatable bonds is 7. The van der Waals surface area contributed by atoms with E-state index in [0.717, 1.165) is 38.1 Å². The number of hydrogen-bond acceptors (Lipinski definition) is 3. The number of piperidine rings is 1. The molecule has 0 aromatic heterocycles. The van der Waals surface area contributed by atoms with Gasteiger partial charge in [-0.15, -0.1) is 0 Å². The predicted molar refractivity (Wildman–Crippen MR) is 91.8 cm³/mol. The molecule has 23 heavy (non-hydrogen) atoms. The van der Waals surface area contributed by atoms with Crippen molar-refractivity contribution >= 4 is 11.8 Å². The van der Waals surface area contributed by atoms with Gasteiger partial charge in [-0.05, 0) is 31.6 Å². The molecular formula is C18H33N3O2. The zero-order valence-corrected chi connectivity index (χ0v) is 14.6. The predicted octanol–water partition coefficient (Wildman–Crippen LogP) is 2.05. The van der Waals surface area contributed by atoms with Crippen LogP contribution in [0, 0.1) is 11.8 Å². The summed E-state index contributed by atoms with van der Waals surface area (Å²) in [7, 11) is 0. The van der Waals surface area contributed by atoms with Crippen LogP contribution in [0.4, 0.5) is 0 Å². The molecule has 2 aliphatic rings. The van der Waals surface area contributed by atoms with Crippen LogP contribution in [0.5, 0.6) is 0 Å². The van der Waals surface area contributed by atoms with Gasteiger partial charge in [-0.1, -0.05) is 32.6 Å². The lowest BCUT2D eigenvalue weighted by Crippen LogP contribution is -2.51. The van der Waals surface area contributed by atoms with E-state index in [1.165, 1.54) is 25.7 Å². The molecule has 0 radical (unpaired) electrons. The minimum atomic E-state index is -0.00974. The molecule has 2 unspecified atom stereocenters. The van der Waals surface area contributed by atoms with E-state index in [2.05, 4.69) is 12.2 Å². The average Bonchev–Trinajstić information content (AvgIpc) is 3.05. The molecule has 5 heteroatoms. The summed E-state index contributed by atoms with van der Waals surface area (Å²) in [5.41, 5.74) is 5.41. The number of carbonyl (C=O) groups excluding carboxylic acids is 2. The van der Waals surface area contributed by atoms with Crippen molar-refractivity contribution in [2.75, 3.05) is 19.6 Å². The van der Waals surface area contributed by atoms with E-state index in [4.69, 9.17) is 5.73 Å². The second kappa shape index (κ2) is 9.26. The Balaban J connectivity index is 1.85. The summed E-state index contributed by atoms with van der Waals surface area (Å²) >= 11 is 0. The van der Waals surface area contributed by atoms with Gasteiger partial charge in [0.2, 0.25) is 11.8 Å². The third-order valence-electron chi connectivity index (χ3n) is 5.40. The van der Waals surface area contributed by atoms with Crippen molar-refractivity contribution < 1.29 is 9.59 Å². The first-order valence-corrected chi connectivity index (χ1v) is 9.39. The summed E-state index contributed by atoms with van der Waals surface area (Å²) in [5, 5.41) is 2.94. The fourth-order valence-electron chi connectivity index (χ4n) is 4.08. The Labute approximate surface area is 140 Å². The van der Waals surface area contributed by atoms with Crippen molar-refractivity contribution in [3.63, 3.8) is 0 Å². The molecule has 0 spiro atoms. The molecule has 2 fully saturated rings. The average molecular weight is 323 g/mol. The van der Waals surface area contributed by atoms with Gasteiger partial charge in [0.05, 0.1) is 0 Å². The Kier molecular flexibility index (Phi) is 7.34. The summed E-state index contributed by atoms with van der Waals surface area (Å²) in [4.78, 5) is 26.5. The molecule has 1 saturated carbocycles. The minimum Gasteiger partial charge on any atom is -0.354 e. The lowest BCUT2D eigenvalue weighted by atomic mass is 9.92. The Morgan fingerprint density at radius 1 is 1.17 bits per heavy atom. The van der Waals surface area contributed by atoms with E-state index < -0.39 is 0 Å². The van der Waals surface area contributed by atoms with Crippen LogP contribution in [-0.4, -0.2) is 42.4 Å². The minimum absolute atomic E-state index is 0.00974. The molecule has 2 amide bonds. The SMILES string of the molecule is CC(CC1CCCC1)C(=O)N1CCCCC1CNC(=O)CCN. The van der Waals surface area contributed by atoms with Gasteiger partial charge in [-0.3, -0.25) is 9.59 Å². The molecule has 5 nitrogen and oxygen atoms in total. The van der Waals surface area contributed by atoms with Gasteiger partial charge in [0.1, 0.15) is 0 Å². The van der Waals surface area contributed by atoms with Crippen molar-refractivity contribution in [3.05, 3.63) is 0 Å². The molecule has 1 saturated heterocycles. The maximum Gasteiger partial charge on any atom is 0.225 e. The highest BCUT2D eigenvalue weighted by molar-refractivity contribution is 5.79. The topological polar surface area (TPSA) is 75.4 Å². The van der Waals surface area contributed by atoms with E-state index in [1.54, 1.807) is 0 Å². The summed E-state index contributed by atoms with van der Waals surface area (Å²) in [5.74, 6) is 1.12. The summed E-state index contributed by atoms with van der Waals surface area (Å²) < 4.78 is 0. The zero-order valence-electron chi connectivity index (χ0n) is 14.6. The van der Waals surface area contributed by atoms with Gasteiger partial charge in [-0.25, -0.2) is 0 Å². The van der Waals surface area contributed by atoms with Gasteiger partial charge in [0.25, 0.3) is 0 Å². The molecule has 132 valence electrons. The van der Waals surface area contributed by atoms with Crippen LogP contribution in [0.15, 0.2) is 0 Å². The molecular weight excluding hydrogens is 290 g/mol. The van der Waals surface area contributed by atoms with E-state index in [-0.39, 0.29) is 23.8 Å². The summed E-state index contributed by atoms with van der Waals surface area (Å²) in [6.07, 6.45) is 9.82.